The Kier molecular flexibility index (Phi) is 6.70. The Hall–Kier alpha value is -2.25. The summed E-state index contributed by atoms with van der Waals surface area (Å²) in [6.07, 6.45) is 2.65. The number of unbranched alkanes of at least 4 members (excludes halogenated alkanes) is 1. The predicted molar refractivity (Wildman–Crippen MR) is 112 cm³/mol. The van der Waals surface area contributed by atoms with E-state index in [-0.39, 0.29) is 10.9 Å². The molecule has 0 spiro atoms. The lowest BCUT2D eigenvalue weighted by molar-refractivity contribution is 0.309. The Morgan fingerprint density at radius 1 is 1.07 bits per heavy atom. The molecule has 7 heteroatoms. The van der Waals surface area contributed by atoms with Crippen molar-refractivity contribution in [2.24, 2.45) is 0 Å². The van der Waals surface area contributed by atoms with Crippen molar-refractivity contribution in [2.75, 3.05) is 27.4 Å². The van der Waals surface area contributed by atoms with Crippen LogP contribution in [-0.2, 0) is 16.4 Å². The smallest absolute Gasteiger partial charge is 0.243 e. The van der Waals surface area contributed by atoms with Crippen LogP contribution in [0, 0.1) is 0 Å². The fraction of sp³-hybridized carbons (Fsp3) is 0.455. The molecule has 2 aromatic rings. The number of fused-ring (bicyclic) bond motifs is 1. The highest BCUT2D eigenvalue weighted by atomic mass is 32.2. The Morgan fingerprint density at radius 2 is 1.72 bits per heavy atom. The number of ether oxygens (including phenoxy) is 3. The molecule has 3 rings (SSSR count). The first kappa shape index (κ1) is 21.5. The van der Waals surface area contributed by atoms with Crippen molar-refractivity contribution in [1.82, 2.24) is 4.31 Å². The molecule has 0 amide bonds. The van der Waals surface area contributed by atoms with E-state index in [0.717, 1.165) is 24.0 Å². The molecule has 29 heavy (non-hydrogen) atoms. The summed E-state index contributed by atoms with van der Waals surface area (Å²) >= 11 is 0. The molecule has 0 bridgehead atoms. The van der Waals surface area contributed by atoms with Gasteiger partial charge >= 0.3 is 0 Å². The van der Waals surface area contributed by atoms with Crippen molar-refractivity contribution in [2.45, 2.75) is 44.0 Å². The topological polar surface area (TPSA) is 65.1 Å². The molecule has 0 aromatic heterocycles. The van der Waals surface area contributed by atoms with Crippen LogP contribution in [0.4, 0.5) is 0 Å². The van der Waals surface area contributed by atoms with Gasteiger partial charge in [-0.2, -0.15) is 4.31 Å². The SMILES string of the molecule is CCCCOc1ccc(S(=O)(=O)N2CCc3cc(OC)c(OC)cc3C2C)cc1. The van der Waals surface area contributed by atoms with E-state index in [4.69, 9.17) is 14.2 Å². The number of benzene rings is 2. The summed E-state index contributed by atoms with van der Waals surface area (Å²) in [4.78, 5) is 0.274. The van der Waals surface area contributed by atoms with E-state index in [2.05, 4.69) is 6.92 Å². The third-order valence-corrected chi connectivity index (χ3v) is 7.31. The van der Waals surface area contributed by atoms with Gasteiger partial charge in [0.05, 0.1) is 25.7 Å². The average Bonchev–Trinajstić information content (AvgIpc) is 2.73. The minimum Gasteiger partial charge on any atom is -0.494 e. The Morgan fingerprint density at radius 3 is 2.34 bits per heavy atom. The molecule has 6 nitrogen and oxygen atoms in total. The largest absolute Gasteiger partial charge is 0.494 e. The van der Waals surface area contributed by atoms with Crippen LogP contribution in [-0.4, -0.2) is 40.1 Å². The number of methoxy groups -OCH3 is 2. The van der Waals surface area contributed by atoms with Gasteiger partial charge in [-0.15, -0.1) is 0 Å². The second-order valence-electron chi connectivity index (χ2n) is 7.12. The molecule has 1 unspecified atom stereocenters. The summed E-state index contributed by atoms with van der Waals surface area (Å²) in [6, 6.07) is 10.2. The van der Waals surface area contributed by atoms with Gasteiger partial charge in [0.25, 0.3) is 0 Å². The first-order chi connectivity index (χ1) is 13.9. The zero-order valence-electron chi connectivity index (χ0n) is 17.5. The van der Waals surface area contributed by atoms with E-state index < -0.39 is 10.0 Å². The van der Waals surface area contributed by atoms with Crippen molar-refractivity contribution < 1.29 is 22.6 Å². The minimum absolute atomic E-state index is 0.274. The van der Waals surface area contributed by atoms with E-state index in [1.165, 1.54) is 0 Å². The highest BCUT2D eigenvalue weighted by Crippen LogP contribution is 2.39. The molecule has 0 saturated heterocycles. The van der Waals surface area contributed by atoms with Crippen LogP contribution < -0.4 is 14.2 Å². The van der Waals surface area contributed by atoms with Crippen molar-refractivity contribution in [1.29, 1.82) is 0 Å². The molecule has 1 aliphatic rings. The van der Waals surface area contributed by atoms with Gasteiger partial charge in [-0.05, 0) is 67.3 Å². The highest BCUT2D eigenvalue weighted by molar-refractivity contribution is 7.89. The van der Waals surface area contributed by atoms with Crippen molar-refractivity contribution in [3.63, 3.8) is 0 Å². The van der Waals surface area contributed by atoms with Gasteiger partial charge in [-0.25, -0.2) is 8.42 Å². The normalized spacial score (nSPS) is 16.9. The molecule has 0 saturated carbocycles. The Bertz CT molecular complexity index is 940. The van der Waals surface area contributed by atoms with Gasteiger partial charge < -0.3 is 14.2 Å². The Labute approximate surface area is 173 Å². The van der Waals surface area contributed by atoms with E-state index in [1.54, 1.807) is 42.8 Å². The van der Waals surface area contributed by atoms with Gasteiger partial charge in [-0.3, -0.25) is 0 Å². The van der Waals surface area contributed by atoms with Crippen LogP contribution in [0.25, 0.3) is 0 Å². The van der Waals surface area contributed by atoms with Crippen molar-refractivity contribution >= 4 is 10.0 Å². The summed E-state index contributed by atoms with van der Waals surface area (Å²) in [7, 11) is -0.446. The van der Waals surface area contributed by atoms with Gasteiger partial charge in [0.15, 0.2) is 11.5 Å². The van der Waals surface area contributed by atoms with Crippen LogP contribution in [0.3, 0.4) is 0 Å². The van der Waals surface area contributed by atoms with Crippen LogP contribution in [0.15, 0.2) is 41.3 Å². The summed E-state index contributed by atoms with van der Waals surface area (Å²) in [6.45, 7) is 5.06. The molecule has 1 aliphatic heterocycles. The lowest BCUT2D eigenvalue weighted by Gasteiger charge is -2.34. The number of hydrogen-bond acceptors (Lipinski definition) is 5. The Balaban J connectivity index is 1.85. The maximum Gasteiger partial charge on any atom is 0.243 e. The molecule has 1 heterocycles. The fourth-order valence-electron chi connectivity index (χ4n) is 3.63. The number of hydrogen-bond donors (Lipinski definition) is 0. The number of sulfonamides is 1. The molecule has 0 fully saturated rings. The van der Waals surface area contributed by atoms with Crippen molar-refractivity contribution in [3.8, 4) is 17.2 Å². The molecular formula is C22H29NO5S. The number of nitrogens with zero attached hydrogens (tertiary/aromatic N) is 1. The van der Waals surface area contributed by atoms with Gasteiger partial charge in [0.2, 0.25) is 10.0 Å². The van der Waals surface area contributed by atoms with E-state index >= 15 is 0 Å². The lowest BCUT2D eigenvalue weighted by atomic mass is 9.94. The first-order valence-corrected chi connectivity index (χ1v) is 11.4. The zero-order chi connectivity index (χ0) is 21.0. The van der Waals surface area contributed by atoms with E-state index in [0.29, 0.717) is 36.8 Å². The van der Waals surface area contributed by atoms with Crippen molar-refractivity contribution in [3.05, 3.63) is 47.5 Å². The molecule has 0 aliphatic carbocycles. The summed E-state index contributed by atoms with van der Waals surface area (Å²) in [5.41, 5.74) is 2.03. The molecule has 2 aromatic carbocycles. The van der Waals surface area contributed by atoms with E-state index in [9.17, 15) is 8.42 Å². The lowest BCUT2D eigenvalue weighted by Crippen LogP contribution is -2.38. The molecule has 1 atom stereocenters. The standard InChI is InChI=1S/C22H29NO5S/c1-5-6-13-28-18-7-9-19(10-8-18)29(24,25)23-12-11-17-14-21(26-3)22(27-4)15-20(17)16(23)2/h7-10,14-16H,5-6,11-13H2,1-4H3. The van der Waals surface area contributed by atoms with Crippen LogP contribution in [0.1, 0.15) is 43.9 Å². The average molecular weight is 420 g/mol. The minimum atomic E-state index is -3.63. The summed E-state index contributed by atoms with van der Waals surface area (Å²) < 4.78 is 44.5. The van der Waals surface area contributed by atoms with Gasteiger partial charge in [0, 0.05) is 12.6 Å². The third-order valence-electron chi connectivity index (χ3n) is 5.33. The van der Waals surface area contributed by atoms with Crippen LogP contribution >= 0.6 is 0 Å². The highest BCUT2D eigenvalue weighted by Gasteiger charge is 2.34. The monoisotopic (exact) mass is 419 g/mol. The predicted octanol–water partition coefficient (Wildman–Crippen LogP) is 4.19. The quantitative estimate of drug-likeness (QED) is 0.600. The fourth-order valence-corrected chi connectivity index (χ4v) is 5.24. The second kappa shape index (κ2) is 9.05. The molecule has 0 N–H and O–H groups in total. The van der Waals surface area contributed by atoms with Gasteiger partial charge in [-0.1, -0.05) is 13.3 Å². The maximum atomic E-state index is 13.3. The van der Waals surface area contributed by atoms with E-state index in [1.807, 2.05) is 19.1 Å². The first-order valence-electron chi connectivity index (χ1n) is 9.91. The summed E-state index contributed by atoms with van der Waals surface area (Å²) in [5, 5.41) is 0. The van der Waals surface area contributed by atoms with Crippen LogP contribution in [0.2, 0.25) is 0 Å². The molecule has 0 radical (unpaired) electrons. The molecule has 158 valence electrons. The van der Waals surface area contributed by atoms with Gasteiger partial charge in [0.1, 0.15) is 5.75 Å². The molecular weight excluding hydrogens is 390 g/mol. The van der Waals surface area contributed by atoms with Crippen LogP contribution in [0.5, 0.6) is 17.2 Å². The third kappa shape index (κ3) is 4.36. The summed E-state index contributed by atoms with van der Waals surface area (Å²) in [5.74, 6) is 1.95. The zero-order valence-corrected chi connectivity index (χ0v) is 18.3. The second-order valence-corrected chi connectivity index (χ2v) is 9.01. The number of rotatable bonds is 8. The maximum absolute atomic E-state index is 13.3.